The number of rotatable bonds is 9. The van der Waals surface area contributed by atoms with E-state index in [2.05, 4.69) is 12.2 Å². The molecular formula is C17H28N2O4. The molecule has 1 N–H and O–H groups in total. The van der Waals surface area contributed by atoms with Crippen LogP contribution in [0.4, 0.5) is 0 Å². The van der Waals surface area contributed by atoms with E-state index in [0.29, 0.717) is 13.0 Å². The van der Waals surface area contributed by atoms with E-state index < -0.39 is 5.54 Å². The predicted octanol–water partition coefficient (Wildman–Crippen LogP) is 1.79. The molecule has 6 heteroatoms. The van der Waals surface area contributed by atoms with Crippen molar-refractivity contribution in [3.63, 3.8) is 0 Å². The fourth-order valence-electron chi connectivity index (χ4n) is 2.05. The molecule has 0 radical (unpaired) electrons. The molecule has 1 heterocycles. The Bertz CT molecular complexity index is 477. The molecule has 0 saturated carbocycles. The van der Waals surface area contributed by atoms with E-state index in [4.69, 9.17) is 4.74 Å². The van der Waals surface area contributed by atoms with Crippen molar-refractivity contribution in [1.82, 2.24) is 10.2 Å². The van der Waals surface area contributed by atoms with Crippen LogP contribution in [0.15, 0.2) is 12.2 Å². The van der Waals surface area contributed by atoms with Crippen LogP contribution < -0.4 is 5.32 Å². The lowest BCUT2D eigenvalue weighted by Crippen LogP contribution is -2.46. The Labute approximate surface area is 138 Å². The molecule has 3 amide bonds. The zero-order chi connectivity index (χ0) is 17.7. The monoisotopic (exact) mass is 324 g/mol. The molecule has 1 rings (SSSR count). The number of carbonyl (C=O) groups excluding carboxylic acids is 3. The Morgan fingerprint density at radius 3 is 2.26 bits per heavy atom. The molecule has 0 aromatic rings. The van der Waals surface area contributed by atoms with Crippen molar-refractivity contribution in [1.29, 1.82) is 0 Å². The highest BCUT2D eigenvalue weighted by atomic mass is 16.5. The molecule has 6 nitrogen and oxygen atoms in total. The molecule has 0 aromatic heterocycles. The molecule has 0 aliphatic carbocycles. The average Bonchev–Trinajstić information content (AvgIpc) is 2.74. The van der Waals surface area contributed by atoms with E-state index in [1.165, 1.54) is 12.2 Å². The van der Waals surface area contributed by atoms with Crippen LogP contribution in [0.25, 0.3) is 0 Å². The number of ether oxygens (including phenoxy) is 1. The van der Waals surface area contributed by atoms with Gasteiger partial charge in [-0.2, -0.15) is 0 Å². The van der Waals surface area contributed by atoms with E-state index in [0.717, 1.165) is 11.3 Å². The van der Waals surface area contributed by atoms with Crippen molar-refractivity contribution in [3.05, 3.63) is 12.2 Å². The zero-order valence-corrected chi connectivity index (χ0v) is 14.8. The minimum atomic E-state index is -0.405. The van der Waals surface area contributed by atoms with E-state index >= 15 is 0 Å². The Morgan fingerprint density at radius 2 is 1.74 bits per heavy atom. The molecule has 0 atom stereocenters. The first kappa shape index (κ1) is 19.4. The minimum absolute atomic E-state index is 0.101. The van der Waals surface area contributed by atoms with Crippen molar-refractivity contribution in [2.45, 2.75) is 65.0 Å². The van der Waals surface area contributed by atoms with Crippen molar-refractivity contribution in [2.24, 2.45) is 0 Å². The molecule has 0 bridgehead atoms. The van der Waals surface area contributed by atoms with Crippen molar-refractivity contribution in [3.8, 4) is 0 Å². The number of nitrogens with one attached hydrogen (secondary N) is 1. The van der Waals surface area contributed by atoms with E-state index in [1.807, 2.05) is 27.7 Å². The van der Waals surface area contributed by atoms with Gasteiger partial charge in [-0.1, -0.05) is 6.92 Å². The van der Waals surface area contributed by atoms with E-state index in [-0.39, 0.29) is 36.3 Å². The lowest BCUT2D eigenvalue weighted by atomic mass is 10.0. The van der Waals surface area contributed by atoms with Crippen LogP contribution in [0.3, 0.4) is 0 Å². The second-order valence-electron chi connectivity index (χ2n) is 7.06. The lowest BCUT2D eigenvalue weighted by Gasteiger charge is -2.30. The Balaban J connectivity index is 2.34. The summed E-state index contributed by atoms with van der Waals surface area (Å²) >= 11 is 0. The number of carbonyl (C=O) groups is 3. The number of hydrogen-bond donors (Lipinski definition) is 1. The quantitative estimate of drug-likeness (QED) is 0.656. The summed E-state index contributed by atoms with van der Waals surface area (Å²) in [5.74, 6) is -0.910. The first-order chi connectivity index (χ1) is 10.6. The molecule has 0 unspecified atom stereocenters. The Morgan fingerprint density at radius 1 is 1.17 bits per heavy atom. The van der Waals surface area contributed by atoms with Gasteiger partial charge in [-0.15, -0.1) is 0 Å². The van der Waals surface area contributed by atoms with Gasteiger partial charge < -0.3 is 10.1 Å². The lowest BCUT2D eigenvalue weighted by molar-refractivity contribution is -0.137. The number of amides is 3. The third-order valence-electron chi connectivity index (χ3n) is 4.01. The fraction of sp³-hybridized carbons (Fsp3) is 0.706. The van der Waals surface area contributed by atoms with Gasteiger partial charge in [0.1, 0.15) is 0 Å². The second-order valence-corrected chi connectivity index (χ2v) is 7.06. The molecule has 0 aromatic carbocycles. The molecule has 130 valence electrons. The molecule has 1 aliphatic heterocycles. The zero-order valence-electron chi connectivity index (χ0n) is 14.8. The van der Waals surface area contributed by atoms with Crippen LogP contribution in [-0.2, 0) is 19.1 Å². The summed E-state index contributed by atoms with van der Waals surface area (Å²) in [6, 6.07) is 0. The van der Waals surface area contributed by atoms with Gasteiger partial charge in [0.15, 0.2) is 0 Å². The summed E-state index contributed by atoms with van der Waals surface area (Å²) in [5.41, 5.74) is -0.568. The van der Waals surface area contributed by atoms with Gasteiger partial charge in [0.25, 0.3) is 11.8 Å². The highest BCUT2D eigenvalue weighted by Crippen LogP contribution is 2.17. The number of nitrogens with zero attached hydrogens (tertiary/aromatic N) is 1. The van der Waals surface area contributed by atoms with E-state index in [9.17, 15) is 14.4 Å². The summed E-state index contributed by atoms with van der Waals surface area (Å²) < 4.78 is 5.81. The summed E-state index contributed by atoms with van der Waals surface area (Å²) in [5, 5.41) is 2.93. The van der Waals surface area contributed by atoms with Crippen LogP contribution in [0.2, 0.25) is 0 Å². The first-order valence-corrected chi connectivity index (χ1v) is 8.05. The van der Waals surface area contributed by atoms with Crippen molar-refractivity contribution >= 4 is 17.7 Å². The third-order valence-corrected chi connectivity index (χ3v) is 4.01. The van der Waals surface area contributed by atoms with Crippen LogP contribution in [0.1, 0.15) is 53.9 Å². The van der Waals surface area contributed by atoms with Gasteiger partial charge in [-0.25, -0.2) is 0 Å². The molecule has 0 fully saturated rings. The molecule has 0 spiro atoms. The number of hydrogen-bond acceptors (Lipinski definition) is 4. The minimum Gasteiger partial charge on any atom is -0.375 e. The summed E-state index contributed by atoms with van der Waals surface area (Å²) in [4.78, 5) is 35.9. The first-order valence-electron chi connectivity index (χ1n) is 8.05. The molecule has 23 heavy (non-hydrogen) atoms. The van der Waals surface area contributed by atoms with Gasteiger partial charge in [0.2, 0.25) is 5.91 Å². The fourth-order valence-corrected chi connectivity index (χ4v) is 2.05. The predicted molar refractivity (Wildman–Crippen MR) is 87.6 cm³/mol. The highest BCUT2D eigenvalue weighted by molar-refractivity contribution is 6.13. The maximum atomic E-state index is 12.0. The van der Waals surface area contributed by atoms with Crippen molar-refractivity contribution in [2.75, 3.05) is 13.2 Å². The SMILES string of the molecule is CCC(C)(C)OCCC(C)(C)NC(=O)CCN1C(=O)C=CC1=O. The summed E-state index contributed by atoms with van der Waals surface area (Å²) in [7, 11) is 0. The largest absolute Gasteiger partial charge is 0.375 e. The van der Waals surface area contributed by atoms with Gasteiger partial charge >= 0.3 is 0 Å². The van der Waals surface area contributed by atoms with Crippen LogP contribution in [-0.4, -0.2) is 46.9 Å². The summed E-state index contributed by atoms with van der Waals surface area (Å²) in [6.07, 6.45) is 4.15. The Kier molecular flexibility index (Phi) is 6.50. The second kappa shape index (κ2) is 7.73. The van der Waals surface area contributed by atoms with Gasteiger partial charge in [0, 0.05) is 37.3 Å². The van der Waals surface area contributed by atoms with Crippen LogP contribution in [0, 0.1) is 0 Å². The van der Waals surface area contributed by atoms with Gasteiger partial charge in [0.05, 0.1) is 5.60 Å². The normalized spacial score (nSPS) is 15.4. The summed E-state index contributed by atoms with van der Waals surface area (Å²) in [6.45, 7) is 10.7. The topological polar surface area (TPSA) is 75.7 Å². The Hall–Kier alpha value is -1.69. The third kappa shape index (κ3) is 6.52. The van der Waals surface area contributed by atoms with Gasteiger partial charge in [-0.05, 0) is 40.5 Å². The smallest absolute Gasteiger partial charge is 0.253 e. The molecular weight excluding hydrogens is 296 g/mol. The van der Waals surface area contributed by atoms with Gasteiger partial charge in [-0.3, -0.25) is 19.3 Å². The molecule has 0 saturated heterocycles. The maximum absolute atomic E-state index is 12.0. The standard InChI is InChI=1S/C17H28N2O4/c1-6-17(4,5)23-12-10-16(2,3)18-13(20)9-11-19-14(21)7-8-15(19)22/h7-8H,6,9-12H2,1-5H3,(H,18,20). The van der Waals surface area contributed by atoms with E-state index in [1.54, 1.807) is 0 Å². The number of imide groups is 1. The highest BCUT2D eigenvalue weighted by Gasteiger charge is 2.26. The maximum Gasteiger partial charge on any atom is 0.253 e. The van der Waals surface area contributed by atoms with Crippen LogP contribution in [0.5, 0.6) is 0 Å². The average molecular weight is 324 g/mol. The van der Waals surface area contributed by atoms with Crippen molar-refractivity contribution < 1.29 is 19.1 Å². The van der Waals surface area contributed by atoms with Crippen LogP contribution >= 0.6 is 0 Å². The molecule has 1 aliphatic rings.